The van der Waals surface area contributed by atoms with Gasteiger partial charge in [0.2, 0.25) is 10.7 Å². The number of nitrogen functional groups attached to an aromatic ring is 1. The van der Waals surface area contributed by atoms with Crippen molar-refractivity contribution >= 4 is 21.9 Å². The zero-order valence-electron chi connectivity index (χ0n) is 6.72. The number of nitrogens with zero attached hydrogens (tertiary/aromatic N) is 5. The molecule has 2 N–H and O–H groups in total. The summed E-state index contributed by atoms with van der Waals surface area (Å²) in [5.74, 6) is -0.231. The van der Waals surface area contributed by atoms with Gasteiger partial charge in [-0.25, -0.2) is 14.4 Å². The Bertz CT molecular complexity index is 452. The van der Waals surface area contributed by atoms with Crippen LogP contribution in [0, 0.1) is 5.82 Å². The lowest BCUT2D eigenvalue weighted by atomic mass is 10.6. The van der Waals surface area contributed by atoms with Crippen LogP contribution in [-0.4, -0.2) is 24.7 Å². The van der Waals surface area contributed by atoms with Crippen LogP contribution in [0.2, 0.25) is 0 Å². The molecule has 14 heavy (non-hydrogen) atoms. The van der Waals surface area contributed by atoms with Gasteiger partial charge >= 0.3 is 0 Å². The zero-order chi connectivity index (χ0) is 10.1. The molecule has 0 radical (unpaired) electrons. The second kappa shape index (κ2) is 3.29. The highest BCUT2D eigenvalue weighted by Crippen LogP contribution is 2.11. The number of anilines is 1. The third-order valence-corrected chi connectivity index (χ3v) is 1.89. The Kier molecular flexibility index (Phi) is 2.12. The van der Waals surface area contributed by atoms with Gasteiger partial charge in [-0.1, -0.05) is 0 Å². The van der Waals surface area contributed by atoms with Crippen molar-refractivity contribution in [2.45, 2.75) is 0 Å². The third-order valence-electron chi connectivity index (χ3n) is 1.38. The van der Waals surface area contributed by atoms with Crippen molar-refractivity contribution in [1.29, 1.82) is 0 Å². The van der Waals surface area contributed by atoms with Crippen molar-refractivity contribution in [3.8, 4) is 5.95 Å². The van der Waals surface area contributed by atoms with Crippen LogP contribution in [0.3, 0.4) is 0 Å². The molecular weight excluding hydrogens is 255 g/mol. The summed E-state index contributed by atoms with van der Waals surface area (Å²) < 4.78 is 14.1. The third kappa shape index (κ3) is 1.55. The van der Waals surface area contributed by atoms with E-state index in [1.54, 1.807) is 0 Å². The molecule has 0 saturated carbocycles. The number of rotatable bonds is 1. The Hall–Kier alpha value is -1.57. The molecule has 0 aliphatic heterocycles. The molecule has 0 amide bonds. The maximum atomic E-state index is 12.5. The van der Waals surface area contributed by atoms with E-state index in [1.807, 2.05) is 0 Å². The smallest absolute Gasteiger partial charge is 0.253 e. The van der Waals surface area contributed by atoms with E-state index < -0.39 is 5.82 Å². The van der Waals surface area contributed by atoms with Gasteiger partial charge in [-0.15, -0.1) is 5.10 Å². The monoisotopic (exact) mass is 258 g/mol. The molecule has 0 atom stereocenters. The molecular formula is C6H4BrFN6. The first-order chi connectivity index (χ1) is 6.66. The van der Waals surface area contributed by atoms with Crippen LogP contribution in [-0.2, 0) is 0 Å². The molecule has 6 nitrogen and oxygen atoms in total. The van der Waals surface area contributed by atoms with Crippen LogP contribution in [0.25, 0.3) is 5.95 Å². The summed E-state index contributed by atoms with van der Waals surface area (Å²) in [6, 6.07) is 0. The summed E-state index contributed by atoms with van der Waals surface area (Å²) in [6.45, 7) is 0. The second-order valence-corrected chi connectivity index (χ2v) is 3.06. The largest absolute Gasteiger partial charge is 0.366 e. The van der Waals surface area contributed by atoms with Gasteiger partial charge in [0.1, 0.15) is 0 Å². The minimum absolute atomic E-state index is 0.0878. The van der Waals surface area contributed by atoms with E-state index in [1.165, 1.54) is 4.68 Å². The molecule has 8 heteroatoms. The van der Waals surface area contributed by atoms with Gasteiger partial charge in [-0.3, -0.25) is 0 Å². The molecule has 72 valence electrons. The van der Waals surface area contributed by atoms with Gasteiger partial charge in [0.15, 0.2) is 5.82 Å². The maximum Gasteiger partial charge on any atom is 0.253 e. The van der Waals surface area contributed by atoms with Gasteiger partial charge in [0.05, 0.1) is 12.4 Å². The van der Waals surface area contributed by atoms with Gasteiger partial charge in [0, 0.05) is 0 Å². The average Bonchev–Trinajstić information content (AvgIpc) is 2.47. The molecule has 2 aromatic rings. The van der Waals surface area contributed by atoms with E-state index in [0.717, 1.165) is 12.4 Å². The lowest BCUT2D eigenvalue weighted by Gasteiger charge is -1.97. The number of halogens is 2. The lowest BCUT2D eigenvalue weighted by Crippen LogP contribution is -2.03. The fourth-order valence-corrected chi connectivity index (χ4v) is 1.27. The van der Waals surface area contributed by atoms with E-state index in [0.29, 0.717) is 4.73 Å². The fourth-order valence-electron chi connectivity index (χ4n) is 0.850. The molecule has 0 aliphatic rings. The quantitative estimate of drug-likeness (QED) is 0.808. The first kappa shape index (κ1) is 9.00. The summed E-state index contributed by atoms with van der Waals surface area (Å²) >= 11 is 3.11. The van der Waals surface area contributed by atoms with Crippen molar-refractivity contribution in [2.24, 2.45) is 0 Å². The molecule has 2 rings (SSSR count). The fraction of sp³-hybridized carbons (Fsp3) is 0. The summed E-state index contributed by atoms with van der Waals surface area (Å²) in [6.07, 6.45) is 2.07. The van der Waals surface area contributed by atoms with Gasteiger partial charge in [0.25, 0.3) is 5.95 Å². The van der Waals surface area contributed by atoms with Crippen LogP contribution < -0.4 is 5.73 Å². The molecule has 0 saturated heterocycles. The Morgan fingerprint density at radius 1 is 1.36 bits per heavy atom. The molecule has 0 fully saturated rings. The zero-order valence-corrected chi connectivity index (χ0v) is 8.31. The number of hydrogen-bond donors (Lipinski definition) is 1. The van der Waals surface area contributed by atoms with E-state index in [2.05, 4.69) is 36.0 Å². The Morgan fingerprint density at radius 2 is 2.00 bits per heavy atom. The lowest BCUT2D eigenvalue weighted by molar-refractivity contribution is 0.608. The summed E-state index contributed by atoms with van der Waals surface area (Å²) in [5.41, 5.74) is 5.34. The molecule has 0 aromatic carbocycles. The predicted molar refractivity (Wildman–Crippen MR) is 49.0 cm³/mol. The summed E-state index contributed by atoms with van der Waals surface area (Å²) in [4.78, 5) is 11.2. The van der Waals surface area contributed by atoms with E-state index in [4.69, 9.17) is 5.73 Å². The highest BCUT2D eigenvalue weighted by atomic mass is 79.9. The molecule has 0 spiro atoms. The second-order valence-electron chi connectivity index (χ2n) is 2.35. The van der Waals surface area contributed by atoms with Crippen LogP contribution in [0.5, 0.6) is 0 Å². The maximum absolute atomic E-state index is 12.5. The highest BCUT2D eigenvalue weighted by molar-refractivity contribution is 9.10. The Balaban J connectivity index is 2.49. The number of hydrogen-bond acceptors (Lipinski definition) is 5. The molecule has 2 aromatic heterocycles. The predicted octanol–water partition coefficient (Wildman–Crippen LogP) is 0.541. The normalized spacial score (nSPS) is 10.4. The first-order valence-corrected chi connectivity index (χ1v) is 4.32. The van der Waals surface area contributed by atoms with Crippen LogP contribution in [0.15, 0.2) is 17.1 Å². The standard InChI is InChI=1S/C6H4BrFN6/c7-4-12-5(9)13-14(4)6-10-1-3(8)2-11-6/h1-2H,(H2,9,13). The minimum atomic E-state index is -0.516. The number of aromatic nitrogens is 5. The SMILES string of the molecule is Nc1nc(Br)n(-c2ncc(F)cn2)n1. The van der Waals surface area contributed by atoms with Crippen molar-refractivity contribution in [1.82, 2.24) is 24.7 Å². The van der Waals surface area contributed by atoms with Crippen LogP contribution in [0.1, 0.15) is 0 Å². The van der Waals surface area contributed by atoms with Crippen molar-refractivity contribution in [2.75, 3.05) is 5.73 Å². The Morgan fingerprint density at radius 3 is 2.50 bits per heavy atom. The molecule has 0 unspecified atom stereocenters. The summed E-state index contributed by atoms with van der Waals surface area (Å²) in [7, 11) is 0. The topological polar surface area (TPSA) is 82.5 Å². The molecule has 0 bridgehead atoms. The average molecular weight is 259 g/mol. The van der Waals surface area contributed by atoms with E-state index in [9.17, 15) is 4.39 Å². The van der Waals surface area contributed by atoms with E-state index >= 15 is 0 Å². The molecule has 0 aliphatic carbocycles. The van der Waals surface area contributed by atoms with Gasteiger partial charge in [-0.05, 0) is 15.9 Å². The van der Waals surface area contributed by atoms with E-state index in [-0.39, 0.29) is 11.9 Å². The van der Waals surface area contributed by atoms with Crippen LogP contribution >= 0.6 is 15.9 Å². The van der Waals surface area contributed by atoms with Gasteiger partial charge < -0.3 is 5.73 Å². The highest BCUT2D eigenvalue weighted by Gasteiger charge is 2.08. The summed E-state index contributed by atoms with van der Waals surface area (Å²) in [5, 5.41) is 3.80. The van der Waals surface area contributed by atoms with Crippen molar-refractivity contribution in [3.05, 3.63) is 22.9 Å². The van der Waals surface area contributed by atoms with Crippen molar-refractivity contribution < 1.29 is 4.39 Å². The Labute approximate surface area is 86.1 Å². The van der Waals surface area contributed by atoms with Crippen LogP contribution in [0.4, 0.5) is 10.3 Å². The van der Waals surface area contributed by atoms with Crippen molar-refractivity contribution in [3.63, 3.8) is 0 Å². The number of nitrogens with two attached hydrogens (primary N) is 1. The minimum Gasteiger partial charge on any atom is -0.366 e. The van der Waals surface area contributed by atoms with Gasteiger partial charge in [-0.2, -0.15) is 9.67 Å². The molecule has 2 heterocycles. The first-order valence-electron chi connectivity index (χ1n) is 3.53.